The van der Waals surface area contributed by atoms with E-state index in [2.05, 4.69) is 0 Å². The monoisotopic (exact) mass is 286 g/mol. The molecule has 5 nitrogen and oxygen atoms in total. The number of hydrogen-bond donors (Lipinski definition) is 1. The summed E-state index contributed by atoms with van der Waals surface area (Å²) in [6.45, 7) is -0.411. The molecule has 0 aromatic heterocycles. The summed E-state index contributed by atoms with van der Waals surface area (Å²) in [7, 11) is 1.56. The Morgan fingerprint density at radius 3 is 1.81 bits per heavy atom. The smallest absolute Gasteiger partial charge is 0.341 e. The van der Waals surface area contributed by atoms with Crippen LogP contribution in [0, 0.1) is 0 Å². The summed E-state index contributed by atoms with van der Waals surface area (Å²) in [6, 6.07) is 13.2. The fourth-order valence-corrected chi connectivity index (χ4v) is 1.76. The van der Waals surface area contributed by atoms with E-state index in [1.807, 2.05) is 0 Å². The highest BCUT2D eigenvalue weighted by molar-refractivity contribution is 6.09. The van der Waals surface area contributed by atoms with Crippen LogP contribution in [0.1, 0.15) is 15.9 Å². The fourth-order valence-electron chi connectivity index (χ4n) is 1.76. The number of carbonyl (C=O) groups excluding carboxylic acids is 1. The van der Waals surface area contributed by atoms with Gasteiger partial charge in [-0.1, -0.05) is 0 Å². The third kappa shape index (κ3) is 3.82. The molecule has 0 amide bonds. The Kier molecular flexibility index (Phi) is 4.56. The Bertz CT molecular complexity index is 629. The van der Waals surface area contributed by atoms with Crippen LogP contribution >= 0.6 is 0 Å². The lowest BCUT2D eigenvalue weighted by Crippen LogP contribution is -2.09. The van der Waals surface area contributed by atoms with E-state index in [0.717, 1.165) is 0 Å². The van der Waals surface area contributed by atoms with Gasteiger partial charge >= 0.3 is 5.97 Å². The number of ketones is 1. The van der Waals surface area contributed by atoms with Crippen molar-refractivity contribution in [2.45, 2.75) is 0 Å². The quantitative estimate of drug-likeness (QED) is 0.825. The second-order valence-electron chi connectivity index (χ2n) is 4.26. The summed E-state index contributed by atoms with van der Waals surface area (Å²) in [5.74, 6) is -0.0801. The van der Waals surface area contributed by atoms with Gasteiger partial charge in [0.1, 0.15) is 11.5 Å². The van der Waals surface area contributed by atoms with Crippen LogP contribution in [0.3, 0.4) is 0 Å². The van der Waals surface area contributed by atoms with Crippen molar-refractivity contribution in [1.82, 2.24) is 0 Å². The molecular formula is C16H14O5. The Morgan fingerprint density at radius 2 is 1.38 bits per heavy atom. The van der Waals surface area contributed by atoms with E-state index in [-0.39, 0.29) is 5.78 Å². The van der Waals surface area contributed by atoms with E-state index in [0.29, 0.717) is 22.6 Å². The SMILES string of the molecule is COc1ccc(C(=O)c2ccc(OCC(=O)O)cc2)cc1. The van der Waals surface area contributed by atoms with Gasteiger partial charge in [-0.2, -0.15) is 0 Å². The second kappa shape index (κ2) is 6.56. The average molecular weight is 286 g/mol. The van der Waals surface area contributed by atoms with Gasteiger partial charge in [0.05, 0.1) is 7.11 Å². The first-order chi connectivity index (χ1) is 10.1. The summed E-state index contributed by atoms with van der Waals surface area (Å²) in [5.41, 5.74) is 1.05. The first-order valence-corrected chi connectivity index (χ1v) is 6.23. The first kappa shape index (κ1) is 14.6. The maximum Gasteiger partial charge on any atom is 0.341 e. The molecule has 0 unspecified atom stereocenters. The molecule has 0 bridgehead atoms. The van der Waals surface area contributed by atoms with Crippen molar-refractivity contribution in [3.63, 3.8) is 0 Å². The number of ether oxygens (including phenoxy) is 2. The highest BCUT2D eigenvalue weighted by Crippen LogP contribution is 2.17. The molecule has 0 heterocycles. The topological polar surface area (TPSA) is 72.8 Å². The molecule has 0 atom stereocenters. The van der Waals surface area contributed by atoms with Crippen LogP contribution in [-0.2, 0) is 4.79 Å². The number of methoxy groups -OCH3 is 1. The van der Waals surface area contributed by atoms with Crippen molar-refractivity contribution in [3.05, 3.63) is 59.7 Å². The predicted molar refractivity (Wildman–Crippen MR) is 76.0 cm³/mol. The maximum absolute atomic E-state index is 12.2. The van der Waals surface area contributed by atoms with Gasteiger partial charge in [-0.05, 0) is 48.5 Å². The zero-order valence-corrected chi connectivity index (χ0v) is 11.4. The van der Waals surface area contributed by atoms with Gasteiger partial charge in [0.2, 0.25) is 0 Å². The molecule has 0 spiro atoms. The number of carboxylic acids is 1. The minimum atomic E-state index is -1.05. The maximum atomic E-state index is 12.2. The van der Waals surface area contributed by atoms with Gasteiger partial charge in [0, 0.05) is 11.1 Å². The van der Waals surface area contributed by atoms with E-state index >= 15 is 0 Å². The van der Waals surface area contributed by atoms with Gasteiger partial charge < -0.3 is 14.6 Å². The number of aliphatic carboxylic acids is 1. The zero-order valence-electron chi connectivity index (χ0n) is 11.4. The molecule has 108 valence electrons. The molecule has 0 radical (unpaired) electrons. The molecule has 0 fully saturated rings. The fraction of sp³-hybridized carbons (Fsp3) is 0.125. The minimum absolute atomic E-state index is 0.123. The van der Waals surface area contributed by atoms with Gasteiger partial charge in [-0.25, -0.2) is 4.79 Å². The van der Waals surface area contributed by atoms with Crippen molar-refractivity contribution in [2.75, 3.05) is 13.7 Å². The Hall–Kier alpha value is -2.82. The molecule has 1 N–H and O–H groups in total. The van der Waals surface area contributed by atoms with E-state index < -0.39 is 12.6 Å². The van der Waals surface area contributed by atoms with Gasteiger partial charge in [0.15, 0.2) is 12.4 Å². The second-order valence-corrected chi connectivity index (χ2v) is 4.26. The standard InChI is InChI=1S/C16H14O5/c1-20-13-6-2-11(3-7-13)16(19)12-4-8-14(9-5-12)21-10-15(17)18/h2-9H,10H2,1H3,(H,17,18). The van der Waals surface area contributed by atoms with Crippen LogP contribution in [0.25, 0.3) is 0 Å². The minimum Gasteiger partial charge on any atom is -0.497 e. The van der Waals surface area contributed by atoms with Crippen molar-refractivity contribution in [3.8, 4) is 11.5 Å². The molecule has 2 rings (SSSR count). The lowest BCUT2D eigenvalue weighted by atomic mass is 10.0. The van der Waals surface area contributed by atoms with Crippen LogP contribution in [0.5, 0.6) is 11.5 Å². The van der Waals surface area contributed by atoms with Crippen LogP contribution in [0.2, 0.25) is 0 Å². The molecule has 0 aliphatic rings. The molecule has 0 saturated heterocycles. The van der Waals surface area contributed by atoms with E-state index in [9.17, 15) is 9.59 Å². The lowest BCUT2D eigenvalue weighted by molar-refractivity contribution is -0.139. The normalized spacial score (nSPS) is 9.95. The lowest BCUT2D eigenvalue weighted by Gasteiger charge is -2.05. The first-order valence-electron chi connectivity index (χ1n) is 6.23. The summed E-state index contributed by atoms with van der Waals surface area (Å²) in [5, 5.41) is 8.52. The molecule has 21 heavy (non-hydrogen) atoms. The Morgan fingerprint density at radius 1 is 0.905 bits per heavy atom. The van der Waals surface area contributed by atoms with Crippen LogP contribution in [0.4, 0.5) is 0 Å². The molecule has 0 aliphatic heterocycles. The van der Waals surface area contributed by atoms with Crippen molar-refractivity contribution in [1.29, 1.82) is 0 Å². The van der Waals surface area contributed by atoms with Gasteiger partial charge in [0.25, 0.3) is 0 Å². The van der Waals surface area contributed by atoms with Crippen LogP contribution in [0.15, 0.2) is 48.5 Å². The summed E-state index contributed by atoms with van der Waals surface area (Å²) in [6.07, 6.45) is 0. The third-order valence-electron chi connectivity index (χ3n) is 2.83. The summed E-state index contributed by atoms with van der Waals surface area (Å²) < 4.78 is 10.1. The van der Waals surface area contributed by atoms with Crippen molar-refractivity contribution >= 4 is 11.8 Å². The summed E-state index contributed by atoms with van der Waals surface area (Å²) in [4.78, 5) is 22.6. The Balaban J connectivity index is 2.09. The molecule has 2 aromatic rings. The highest BCUT2D eigenvalue weighted by Gasteiger charge is 2.09. The van der Waals surface area contributed by atoms with Gasteiger partial charge in [-0.3, -0.25) is 4.79 Å². The number of hydrogen-bond acceptors (Lipinski definition) is 4. The largest absolute Gasteiger partial charge is 0.497 e. The van der Waals surface area contributed by atoms with Gasteiger partial charge in [-0.15, -0.1) is 0 Å². The summed E-state index contributed by atoms with van der Waals surface area (Å²) >= 11 is 0. The predicted octanol–water partition coefficient (Wildman–Crippen LogP) is 2.39. The van der Waals surface area contributed by atoms with E-state index in [1.54, 1.807) is 55.6 Å². The molecule has 5 heteroatoms. The molecule has 0 aliphatic carbocycles. The van der Waals surface area contributed by atoms with E-state index in [4.69, 9.17) is 14.6 Å². The number of rotatable bonds is 6. The van der Waals surface area contributed by atoms with E-state index in [1.165, 1.54) is 0 Å². The number of carbonyl (C=O) groups is 2. The van der Waals surface area contributed by atoms with Crippen LogP contribution in [-0.4, -0.2) is 30.6 Å². The van der Waals surface area contributed by atoms with Crippen molar-refractivity contribution in [2.24, 2.45) is 0 Å². The zero-order chi connectivity index (χ0) is 15.2. The molecule has 0 saturated carbocycles. The Labute approximate surface area is 121 Å². The van der Waals surface area contributed by atoms with Crippen molar-refractivity contribution < 1.29 is 24.2 Å². The average Bonchev–Trinajstić information content (AvgIpc) is 2.53. The number of carboxylic acid groups (broad SMARTS) is 1. The molecule has 2 aromatic carbocycles. The number of benzene rings is 2. The van der Waals surface area contributed by atoms with Crippen LogP contribution < -0.4 is 9.47 Å². The third-order valence-corrected chi connectivity index (χ3v) is 2.83. The highest BCUT2D eigenvalue weighted by atomic mass is 16.5. The molecular weight excluding hydrogens is 272 g/mol.